The Kier molecular flexibility index (Phi) is 3.23. The van der Waals surface area contributed by atoms with E-state index in [1.54, 1.807) is 6.92 Å². The van der Waals surface area contributed by atoms with Gasteiger partial charge in [-0.05, 0) is 19.1 Å². The lowest BCUT2D eigenvalue weighted by atomic mass is 10.1. The topological polar surface area (TPSA) is 87.8 Å². The Morgan fingerprint density at radius 1 is 1.25 bits per heavy atom. The average Bonchev–Trinajstić information content (AvgIpc) is 3.03. The van der Waals surface area contributed by atoms with Gasteiger partial charge in [-0.15, -0.1) is 0 Å². The van der Waals surface area contributed by atoms with Crippen LogP contribution in [0.3, 0.4) is 0 Å². The average molecular weight is 272 g/mol. The molecule has 2 unspecified atom stereocenters. The molecule has 6 heteroatoms. The summed E-state index contributed by atoms with van der Waals surface area (Å²) in [6.07, 6.45) is -0.0421. The van der Waals surface area contributed by atoms with E-state index >= 15 is 0 Å². The van der Waals surface area contributed by atoms with Crippen LogP contribution in [-0.4, -0.2) is 31.3 Å². The van der Waals surface area contributed by atoms with Crippen molar-refractivity contribution < 1.29 is 9.63 Å². The fourth-order valence-corrected chi connectivity index (χ4v) is 1.97. The molecule has 0 amide bonds. The largest absolute Gasteiger partial charge is 0.393 e. The number of fused-ring (bicyclic) bond motifs is 1. The highest BCUT2D eigenvalue weighted by Gasteiger charge is 2.19. The Morgan fingerprint density at radius 2 is 2.05 bits per heavy atom. The third kappa shape index (κ3) is 2.42. The number of imidazole rings is 1. The molecule has 0 aliphatic heterocycles. The van der Waals surface area contributed by atoms with E-state index in [2.05, 4.69) is 20.1 Å². The number of nitrogens with one attached hydrogen (secondary N) is 1. The zero-order chi connectivity index (χ0) is 14.1. The molecule has 3 rings (SSSR count). The van der Waals surface area contributed by atoms with Crippen molar-refractivity contribution in [3.63, 3.8) is 0 Å². The normalized spacial score (nSPS) is 14.6. The van der Waals surface area contributed by atoms with Crippen molar-refractivity contribution in [3.05, 3.63) is 41.8 Å². The Balaban J connectivity index is 1.81. The van der Waals surface area contributed by atoms with E-state index in [4.69, 9.17) is 4.52 Å². The smallest absolute Gasteiger partial charge is 0.232 e. The van der Waals surface area contributed by atoms with Crippen molar-refractivity contribution >= 4 is 11.0 Å². The molecule has 0 fully saturated rings. The first-order valence-corrected chi connectivity index (χ1v) is 6.57. The molecule has 0 saturated heterocycles. The molecule has 1 aromatic carbocycles. The maximum absolute atomic E-state index is 9.52. The summed E-state index contributed by atoms with van der Waals surface area (Å²) in [5.41, 5.74) is 1.91. The standard InChI is InChI=1S/C14H16N4O2/c1-8(9(2)19)14-17-13(18-20-14)7-12-15-10-5-3-4-6-11(10)16-12/h3-6,8-9,19H,7H2,1-2H3,(H,15,16). The summed E-state index contributed by atoms with van der Waals surface area (Å²) in [6, 6.07) is 7.83. The van der Waals surface area contributed by atoms with Crippen molar-refractivity contribution in [2.24, 2.45) is 0 Å². The molecule has 0 saturated carbocycles. The molecular weight excluding hydrogens is 256 g/mol. The molecule has 0 radical (unpaired) electrons. The molecule has 20 heavy (non-hydrogen) atoms. The molecular formula is C14H16N4O2. The van der Waals surface area contributed by atoms with Gasteiger partial charge in [0, 0.05) is 0 Å². The first-order chi connectivity index (χ1) is 9.63. The van der Waals surface area contributed by atoms with Crippen LogP contribution in [0.5, 0.6) is 0 Å². The van der Waals surface area contributed by atoms with E-state index in [1.165, 1.54) is 0 Å². The van der Waals surface area contributed by atoms with E-state index in [1.807, 2.05) is 31.2 Å². The van der Waals surface area contributed by atoms with Gasteiger partial charge in [-0.3, -0.25) is 0 Å². The molecule has 0 bridgehead atoms. The van der Waals surface area contributed by atoms with Crippen molar-refractivity contribution in [3.8, 4) is 0 Å². The first-order valence-electron chi connectivity index (χ1n) is 6.57. The summed E-state index contributed by atoms with van der Waals surface area (Å²) in [4.78, 5) is 12.0. The third-order valence-corrected chi connectivity index (χ3v) is 3.36. The minimum absolute atomic E-state index is 0.174. The minimum Gasteiger partial charge on any atom is -0.393 e. The molecule has 6 nitrogen and oxygen atoms in total. The molecule has 2 N–H and O–H groups in total. The lowest BCUT2D eigenvalue weighted by Gasteiger charge is -2.07. The highest BCUT2D eigenvalue weighted by molar-refractivity contribution is 5.74. The van der Waals surface area contributed by atoms with Gasteiger partial charge in [0.05, 0.1) is 29.5 Å². The van der Waals surface area contributed by atoms with Crippen molar-refractivity contribution in [1.82, 2.24) is 20.1 Å². The zero-order valence-corrected chi connectivity index (χ0v) is 11.4. The Morgan fingerprint density at radius 3 is 2.80 bits per heavy atom. The lowest BCUT2D eigenvalue weighted by molar-refractivity contribution is 0.151. The quantitative estimate of drug-likeness (QED) is 0.758. The van der Waals surface area contributed by atoms with Crippen LogP contribution in [0.25, 0.3) is 11.0 Å². The summed E-state index contributed by atoms with van der Waals surface area (Å²) < 4.78 is 5.17. The number of aromatic nitrogens is 4. The number of benzene rings is 1. The van der Waals surface area contributed by atoms with E-state index in [0.29, 0.717) is 18.1 Å². The summed E-state index contributed by atoms with van der Waals surface area (Å²) in [5, 5.41) is 13.5. The van der Waals surface area contributed by atoms with Gasteiger partial charge in [0.25, 0.3) is 0 Å². The molecule has 0 spiro atoms. The number of hydrogen-bond acceptors (Lipinski definition) is 5. The van der Waals surface area contributed by atoms with Gasteiger partial charge in [-0.2, -0.15) is 4.98 Å². The fraction of sp³-hybridized carbons (Fsp3) is 0.357. The number of aliphatic hydroxyl groups is 1. The number of nitrogens with zero attached hydrogens (tertiary/aromatic N) is 3. The molecule has 3 aromatic rings. The molecule has 0 aliphatic carbocycles. The summed E-state index contributed by atoms with van der Waals surface area (Å²) >= 11 is 0. The number of para-hydroxylation sites is 2. The van der Waals surface area contributed by atoms with Gasteiger partial charge in [-0.1, -0.05) is 24.2 Å². The Hall–Kier alpha value is -2.21. The second-order valence-electron chi connectivity index (χ2n) is 4.96. The van der Waals surface area contributed by atoms with Crippen LogP contribution < -0.4 is 0 Å². The maximum atomic E-state index is 9.52. The van der Waals surface area contributed by atoms with Gasteiger partial charge < -0.3 is 14.6 Å². The molecule has 104 valence electrons. The van der Waals surface area contributed by atoms with Gasteiger partial charge in [0.1, 0.15) is 5.82 Å². The number of aromatic amines is 1. The maximum Gasteiger partial charge on any atom is 0.232 e. The number of H-pyrrole nitrogens is 1. The Labute approximate surface area is 115 Å². The van der Waals surface area contributed by atoms with E-state index in [9.17, 15) is 5.11 Å². The molecule has 2 heterocycles. The molecule has 2 atom stereocenters. The van der Waals surface area contributed by atoms with Crippen molar-refractivity contribution in [2.75, 3.05) is 0 Å². The minimum atomic E-state index is -0.519. The van der Waals surface area contributed by atoms with E-state index in [0.717, 1.165) is 16.9 Å². The van der Waals surface area contributed by atoms with Crippen LogP contribution in [0.1, 0.15) is 37.3 Å². The first kappa shape index (κ1) is 12.8. The second kappa shape index (κ2) is 5.05. The van der Waals surface area contributed by atoms with Crippen molar-refractivity contribution in [2.45, 2.75) is 32.3 Å². The monoisotopic (exact) mass is 272 g/mol. The second-order valence-corrected chi connectivity index (χ2v) is 4.96. The molecule has 0 aliphatic rings. The van der Waals surface area contributed by atoms with Crippen LogP contribution in [0.4, 0.5) is 0 Å². The summed E-state index contributed by atoms with van der Waals surface area (Å²) in [6.45, 7) is 3.55. The van der Waals surface area contributed by atoms with Crippen molar-refractivity contribution in [1.29, 1.82) is 0 Å². The fourth-order valence-electron chi connectivity index (χ4n) is 1.97. The predicted octanol–water partition coefficient (Wildman–Crippen LogP) is 2.02. The zero-order valence-electron chi connectivity index (χ0n) is 11.4. The van der Waals surface area contributed by atoms with Gasteiger partial charge in [0.2, 0.25) is 5.89 Å². The SMILES string of the molecule is CC(O)C(C)c1nc(Cc2nc3ccccc3[nH]2)no1. The van der Waals surface area contributed by atoms with Crippen LogP contribution in [-0.2, 0) is 6.42 Å². The Bertz CT molecular complexity index is 684. The van der Waals surface area contributed by atoms with Gasteiger partial charge >= 0.3 is 0 Å². The number of rotatable bonds is 4. The van der Waals surface area contributed by atoms with Crippen LogP contribution in [0.15, 0.2) is 28.8 Å². The predicted molar refractivity (Wildman–Crippen MR) is 73.3 cm³/mol. The lowest BCUT2D eigenvalue weighted by Crippen LogP contribution is -2.11. The molecule has 2 aromatic heterocycles. The van der Waals surface area contributed by atoms with Gasteiger partial charge in [-0.25, -0.2) is 4.98 Å². The number of aliphatic hydroxyl groups excluding tert-OH is 1. The highest BCUT2D eigenvalue weighted by atomic mass is 16.5. The van der Waals surface area contributed by atoms with Crippen LogP contribution >= 0.6 is 0 Å². The third-order valence-electron chi connectivity index (χ3n) is 3.36. The number of hydrogen-bond donors (Lipinski definition) is 2. The van der Waals surface area contributed by atoms with E-state index in [-0.39, 0.29) is 5.92 Å². The van der Waals surface area contributed by atoms with E-state index < -0.39 is 6.10 Å². The summed E-state index contributed by atoms with van der Waals surface area (Å²) in [7, 11) is 0. The summed E-state index contributed by atoms with van der Waals surface area (Å²) in [5.74, 6) is 1.63. The highest BCUT2D eigenvalue weighted by Crippen LogP contribution is 2.18. The van der Waals surface area contributed by atoms with Gasteiger partial charge in [0.15, 0.2) is 5.82 Å². The van der Waals surface area contributed by atoms with Crippen LogP contribution in [0.2, 0.25) is 0 Å². The van der Waals surface area contributed by atoms with Crippen LogP contribution in [0, 0.1) is 0 Å².